The zero-order chi connectivity index (χ0) is 26.0. The van der Waals surface area contributed by atoms with E-state index in [1.54, 1.807) is 10.9 Å². The number of fused-ring (bicyclic) bond motifs is 1. The van der Waals surface area contributed by atoms with E-state index in [1.165, 1.54) is 6.33 Å². The van der Waals surface area contributed by atoms with Crippen molar-refractivity contribution < 1.29 is 32.8 Å². The predicted molar refractivity (Wildman–Crippen MR) is 132 cm³/mol. The first-order chi connectivity index (χ1) is 16.5. The van der Waals surface area contributed by atoms with E-state index in [4.69, 9.17) is 40.8 Å². The van der Waals surface area contributed by atoms with Crippen molar-refractivity contribution in [3.63, 3.8) is 0 Å². The molecule has 0 aliphatic rings. The monoisotopic (exact) mass is 531 g/mol. The molecule has 2 rings (SSSR count). The van der Waals surface area contributed by atoms with Gasteiger partial charge >= 0.3 is 11.9 Å². The van der Waals surface area contributed by atoms with Gasteiger partial charge in [-0.2, -0.15) is 0 Å². The largest absolute Gasteiger partial charge is 0.438 e. The van der Waals surface area contributed by atoms with Gasteiger partial charge in [0.05, 0.1) is 19.0 Å². The fraction of sp³-hybridized carbons (Fsp3) is 0.667. The Hall–Kier alpha value is -2.18. The summed E-state index contributed by atoms with van der Waals surface area (Å²) in [6.07, 6.45) is 3.02. The molecule has 0 unspecified atom stereocenters. The van der Waals surface area contributed by atoms with Crippen molar-refractivity contribution in [1.29, 1.82) is 0 Å². The molecule has 2 aromatic heterocycles. The quantitative estimate of drug-likeness (QED) is 0.204. The smallest absolute Gasteiger partial charge is 0.308 e. The second-order valence-corrected chi connectivity index (χ2v) is 12.4. The second-order valence-electron chi connectivity index (χ2n) is 8.77. The van der Waals surface area contributed by atoms with Crippen molar-refractivity contribution in [3.05, 3.63) is 12.7 Å². The summed E-state index contributed by atoms with van der Waals surface area (Å²) in [5.74, 6) is -0.240. The fourth-order valence-electron chi connectivity index (χ4n) is 2.82. The van der Waals surface area contributed by atoms with Crippen molar-refractivity contribution in [2.75, 3.05) is 25.7 Å². The average molecular weight is 532 g/mol. The van der Waals surface area contributed by atoms with Gasteiger partial charge in [-0.1, -0.05) is 27.7 Å². The Morgan fingerprint density at radius 2 is 1.57 bits per heavy atom. The highest BCUT2D eigenvalue weighted by Gasteiger charge is 2.24. The first-order valence-electron chi connectivity index (χ1n) is 11.2. The van der Waals surface area contributed by atoms with E-state index < -0.39 is 18.4 Å². The minimum atomic E-state index is -3.11. The van der Waals surface area contributed by atoms with Crippen LogP contribution in [0.2, 0.25) is 0 Å². The maximum atomic E-state index is 11.8. The number of esters is 2. The lowest BCUT2D eigenvalue weighted by Crippen LogP contribution is -2.19. The second kappa shape index (κ2) is 13.8. The van der Waals surface area contributed by atoms with Gasteiger partial charge in [-0.3, -0.25) is 18.6 Å². The molecule has 0 radical (unpaired) electrons. The molecule has 0 saturated heterocycles. The molecule has 0 amide bonds. The molecule has 0 bridgehead atoms. The fourth-order valence-corrected chi connectivity index (χ4v) is 4.35. The molecule has 0 fully saturated rings. The minimum Gasteiger partial charge on any atom is -0.438 e. The first-order valence-corrected chi connectivity index (χ1v) is 14.0. The number of nitrogens with two attached hydrogens (primary N) is 1. The van der Waals surface area contributed by atoms with Crippen molar-refractivity contribution in [2.24, 2.45) is 11.8 Å². The van der Waals surface area contributed by atoms with E-state index in [2.05, 4.69) is 15.0 Å². The SMILES string of the molecule is CC(C)CC(=O)OCOP(=S)(CO[C@H](C)Cn1cnc2c(N)ncnc21)OCOC(=O)CC(C)C. The van der Waals surface area contributed by atoms with Crippen LogP contribution in [-0.2, 0) is 51.2 Å². The molecule has 0 saturated carbocycles. The number of nitrogens with zero attached hydrogens (tertiary/aromatic N) is 4. The third-order valence-corrected chi connectivity index (χ3v) is 6.90. The number of hydrogen-bond donors (Lipinski definition) is 1. The zero-order valence-electron chi connectivity index (χ0n) is 20.7. The van der Waals surface area contributed by atoms with E-state index in [9.17, 15) is 9.59 Å². The molecular formula is C21H34N5O7PS. The van der Waals surface area contributed by atoms with Gasteiger partial charge < -0.3 is 24.5 Å². The van der Waals surface area contributed by atoms with Gasteiger partial charge in [0.2, 0.25) is 6.49 Å². The number of carbonyl (C=O) groups is 2. The number of nitrogen functional groups attached to an aromatic ring is 1. The van der Waals surface area contributed by atoms with Crippen LogP contribution in [0.4, 0.5) is 5.82 Å². The number of ether oxygens (including phenoxy) is 3. The van der Waals surface area contributed by atoms with E-state index in [1.807, 2.05) is 34.6 Å². The van der Waals surface area contributed by atoms with Crippen molar-refractivity contribution in [3.8, 4) is 0 Å². The Labute approximate surface area is 210 Å². The predicted octanol–water partition coefficient (Wildman–Crippen LogP) is 3.21. The van der Waals surface area contributed by atoms with E-state index in [0.29, 0.717) is 23.5 Å². The minimum absolute atomic E-state index is 0.100. The summed E-state index contributed by atoms with van der Waals surface area (Å²) in [6.45, 7) is 5.96. The Kier molecular flexibility index (Phi) is 11.4. The van der Waals surface area contributed by atoms with Crippen molar-refractivity contribution in [2.45, 2.75) is 60.1 Å². The summed E-state index contributed by atoms with van der Waals surface area (Å²) < 4.78 is 29.1. The lowest BCUT2D eigenvalue weighted by Gasteiger charge is -2.24. The Balaban J connectivity index is 1.95. The maximum Gasteiger partial charge on any atom is 0.308 e. The molecule has 2 N–H and O–H groups in total. The molecule has 0 aliphatic heterocycles. The number of aromatic nitrogens is 4. The molecular weight excluding hydrogens is 497 g/mol. The van der Waals surface area contributed by atoms with Crippen LogP contribution in [0.3, 0.4) is 0 Å². The van der Waals surface area contributed by atoms with E-state index in [-0.39, 0.29) is 50.7 Å². The molecule has 0 aliphatic carbocycles. The summed E-state index contributed by atoms with van der Waals surface area (Å²) in [5, 5.41) is 0. The van der Waals surface area contributed by atoms with Gasteiger partial charge in [0.25, 0.3) is 0 Å². The van der Waals surface area contributed by atoms with Crippen LogP contribution in [0.15, 0.2) is 12.7 Å². The number of carbonyl (C=O) groups excluding carboxylic acids is 2. The van der Waals surface area contributed by atoms with Crippen LogP contribution < -0.4 is 5.73 Å². The van der Waals surface area contributed by atoms with Crippen LogP contribution in [0.1, 0.15) is 47.5 Å². The highest BCUT2D eigenvalue weighted by Crippen LogP contribution is 2.49. The van der Waals surface area contributed by atoms with E-state index >= 15 is 0 Å². The lowest BCUT2D eigenvalue weighted by molar-refractivity contribution is -0.152. The standard InChI is InChI=1S/C21H34N5O7PS/c1-14(2)6-17(27)29-11-32-34(35,33-12-30-18(28)7-15(3)4)13-31-16(5)8-26-10-25-19-20(22)23-9-24-21(19)26/h9-10,14-16H,6-8,11-13H2,1-5H3,(H2,22,23,24)/t16-/m1/s1. The topological polar surface area (TPSA) is 150 Å². The third-order valence-electron chi connectivity index (χ3n) is 4.49. The molecule has 2 aromatic rings. The third kappa shape index (κ3) is 10.1. The van der Waals surface area contributed by atoms with Crippen LogP contribution in [0, 0.1) is 11.8 Å². The highest BCUT2D eigenvalue weighted by atomic mass is 32.5. The van der Waals surface area contributed by atoms with Crippen molar-refractivity contribution >= 4 is 47.2 Å². The van der Waals surface area contributed by atoms with Gasteiger partial charge in [-0.25, -0.2) is 15.0 Å². The van der Waals surface area contributed by atoms with Gasteiger partial charge in [0.1, 0.15) is 18.2 Å². The molecule has 196 valence electrons. The summed E-state index contributed by atoms with van der Waals surface area (Å²) in [6, 6.07) is 0. The zero-order valence-corrected chi connectivity index (χ0v) is 22.4. The Morgan fingerprint density at radius 1 is 1.00 bits per heavy atom. The molecule has 14 heteroatoms. The summed E-state index contributed by atoms with van der Waals surface area (Å²) >= 11 is 5.54. The van der Waals surface area contributed by atoms with Gasteiger partial charge in [-0.05, 0) is 30.6 Å². The normalized spacial score (nSPS) is 12.9. The maximum absolute atomic E-state index is 11.8. The first kappa shape index (κ1) is 29.1. The number of imidazole rings is 1. The van der Waals surface area contributed by atoms with Crippen LogP contribution >= 0.6 is 6.49 Å². The summed E-state index contributed by atoms with van der Waals surface area (Å²) in [7, 11) is 0. The number of hydrogen-bond acceptors (Lipinski definition) is 12. The van der Waals surface area contributed by atoms with Gasteiger partial charge in [0.15, 0.2) is 25.1 Å². The number of anilines is 1. The van der Waals surface area contributed by atoms with Crippen molar-refractivity contribution in [1.82, 2.24) is 19.5 Å². The number of rotatable bonds is 15. The average Bonchev–Trinajstić information content (AvgIpc) is 3.15. The Morgan fingerprint density at radius 3 is 2.11 bits per heavy atom. The molecule has 1 atom stereocenters. The molecule has 12 nitrogen and oxygen atoms in total. The lowest BCUT2D eigenvalue weighted by atomic mass is 10.1. The van der Waals surface area contributed by atoms with E-state index in [0.717, 1.165) is 0 Å². The van der Waals surface area contributed by atoms with Gasteiger partial charge in [0, 0.05) is 12.8 Å². The van der Waals surface area contributed by atoms with Crippen LogP contribution in [0.5, 0.6) is 0 Å². The van der Waals surface area contributed by atoms with Crippen LogP contribution in [0.25, 0.3) is 11.2 Å². The highest BCUT2D eigenvalue weighted by molar-refractivity contribution is 8.09. The van der Waals surface area contributed by atoms with Gasteiger partial charge in [-0.15, -0.1) is 0 Å². The molecule has 2 heterocycles. The van der Waals surface area contributed by atoms with Crippen LogP contribution in [-0.4, -0.2) is 57.5 Å². The molecule has 35 heavy (non-hydrogen) atoms. The summed E-state index contributed by atoms with van der Waals surface area (Å²) in [5.41, 5.74) is 6.91. The Bertz CT molecular complexity index is 1000. The molecule has 0 spiro atoms. The molecule has 0 aromatic carbocycles. The summed E-state index contributed by atoms with van der Waals surface area (Å²) in [4.78, 5) is 36.0.